The van der Waals surface area contributed by atoms with Gasteiger partial charge < -0.3 is 10.1 Å². The van der Waals surface area contributed by atoms with Crippen molar-refractivity contribution in [2.75, 3.05) is 31.6 Å². The van der Waals surface area contributed by atoms with E-state index < -0.39 is 21.7 Å². The molecule has 1 amide bonds. The molecule has 0 radical (unpaired) electrons. The van der Waals surface area contributed by atoms with Crippen molar-refractivity contribution in [3.05, 3.63) is 57.8 Å². The third kappa shape index (κ3) is 4.41. The fourth-order valence-corrected chi connectivity index (χ4v) is 4.35. The first-order valence-corrected chi connectivity index (χ1v) is 10.1. The van der Waals surface area contributed by atoms with E-state index in [-0.39, 0.29) is 39.3 Å². The van der Waals surface area contributed by atoms with Crippen molar-refractivity contribution in [3.8, 4) is 0 Å². The summed E-state index contributed by atoms with van der Waals surface area (Å²) in [5.74, 6) is -1.45. The smallest absolute Gasteiger partial charge is 0.257 e. The number of hydrogen-bond donors (Lipinski definition) is 1. The highest BCUT2D eigenvalue weighted by molar-refractivity contribution is 7.89. The maximum Gasteiger partial charge on any atom is 0.257 e. The fourth-order valence-electron chi connectivity index (χ4n) is 2.56. The van der Waals surface area contributed by atoms with Crippen molar-refractivity contribution in [1.82, 2.24) is 4.31 Å². The molecule has 2 aromatic rings. The number of sulfonamides is 1. The molecule has 0 atom stereocenters. The summed E-state index contributed by atoms with van der Waals surface area (Å²) in [6.45, 7) is 1.05. The molecule has 0 aromatic heterocycles. The number of nitrogens with one attached hydrogen (secondary N) is 1. The second kappa shape index (κ2) is 8.12. The van der Waals surface area contributed by atoms with E-state index in [2.05, 4.69) is 5.32 Å². The zero-order chi connectivity index (χ0) is 19.6. The number of ether oxygens (including phenoxy) is 1. The molecular weight excluding hydrogens is 418 g/mol. The summed E-state index contributed by atoms with van der Waals surface area (Å²) in [5.41, 5.74) is -0.178. The van der Waals surface area contributed by atoms with E-state index in [9.17, 15) is 17.6 Å². The first-order valence-electron chi connectivity index (χ1n) is 7.93. The number of hydrogen-bond acceptors (Lipinski definition) is 4. The van der Waals surface area contributed by atoms with Crippen LogP contribution in [-0.4, -0.2) is 44.9 Å². The van der Waals surface area contributed by atoms with Crippen LogP contribution in [0.25, 0.3) is 0 Å². The minimum atomic E-state index is -3.80. The molecule has 1 heterocycles. The van der Waals surface area contributed by atoms with Gasteiger partial charge in [0.25, 0.3) is 5.91 Å². The summed E-state index contributed by atoms with van der Waals surface area (Å²) < 4.78 is 45.8. The van der Waals surface area contributed by atoms with Gasteiger partial charge in [-0.25, -0.2) is 12.8 Å². The lowest BCUT2D eigenvalue weighted by Gasteiger charge is -2.26. The van der Waals surface area contributed by atoms with Gasteiger partial charge >= 0.3 is 0 Å². The molecule has 1 aliphatic rings. The lowest BCUT2D eigenvalue weighted by Crippen LogP contribution is -2.40. The Bertz CT molecular complexity index is 979. The highest BCUT2D eigenvalue weighted by atomic mass is 35.5. The number of morpholine rings is 1. The van der Waals surface area contributed by atoms with Gasteiger partial charge in [0, 0.05) is 18.1 Å². The summed E-state index contributed by atoms with van der Waals surface area (Å²) in [7, 11) is -3.80. The minimum Gasteiger partial charge on any atom is -0.379 e. The summed E-state index contributed by atoms with van der Waals surface area (Å²) >= 11 is 11.7. The van der Waals surface area contributed by atoms with E-state index >= 15 is 0 Å². The Balaban J connectivity index is 1.89. The highest BCUT2D eigenvalue weighted by Crippen LogP contribution is 2.25. The first kappa shape index (κ1) is 20.0. The van der Waals surface area contributed by atoms with Crippen molar-refractivity contribution in [1.29, 1.82) is 0 Å². The Hall–Kier alpha value is -1.71. The number of rotatable bonds is 4. The molecule has 2 aromatic carbocycles. The maximum absolute atomic E-state index is 13.9. The monoisotopic (exact) mass is 432 g/mol. The maximum atomic E-state index is 13.9. The molecule has 1 fully saturated rings. The van der Waals surface area contributed by atoms with Gasteiger partial charge in [-0.2, -0.15) is 4.31 Å². The quantitative estimate of drug-likeness (QED) is 0.802. The number of amides is 1. The van der Waals surface area contributed by atoms with Crippen LogP contribution in [-0.2, 0) is 14.8 Å². The van der Waals surface area contributed by atoms with Crippen LogP contribution >= 0.6 is 23.2 Å². The molecule has 1 N–H and O–H groups in total. The number of carbonyl (C=O) groups excluding carboxylic acids is 1. The van der Waals surface area contributed by atoms with Gasteiger partial charge in [0.05, 0.1) is 34.4 Å². The molecular formula is C17H15Cl2FN2O4S. The molecule has 1 saturated heterocycles. The third-order valence-electron chi connectivity index (χ3n) is 3.97. The van der Waals surface area contributed by atoms with E-state index in [1.807, 2.05) is 0 Å². The van der Waals surface area contributed by atoms with Gasteiger partial charge in [-0.15, -0.1) is 0 Å². The number of benzene rings is 2. The van der Waals surface area contributed by atoms with Crippen LogP contribution in [0.2, 0.25) is 10.0 Å². The minimum absolute atomic E-state index is 0.0443. The number of halogens is 3. The Morgan fingerprint density at radius 3 is 2.48 bits per heavy atom. The molecule has 0 unspecified atom stereocenters. The molecule has 0 aliphatic carbocycles. The van der Waals surface area contributed by atoms with Gasteiger partial charge in [-0.1, -0.05) is 23.2 Å². The van der Waals surface area contributed by atoms with Crippen molar-refractivity contribution in [2.45, 2.75) is 4.90 Å². The topological polar surface area (TPSA) is 75.7 Å². The first-order chi connectivity index (χ1) is 12.8. The molecule has 6 nitrogen and oxygen atoms in total. The zero-order valence-electron chi connectivity index (χ0n) is 13.9. The van der Waals surface area contributed by atoms with Crippen LogP contribution in [0.4, 0.5) is 10.1 Å². The number of nitrogens with zero attached hydrogens (tertiary/aromatic N) is 1. The lowest BCUT2D eigenvalue weighted by molar-refractivity contribution is 0.0730. The Morgan fingerprint density at radius 1 is 1.11 bits per heavy atom. The third-order valence-corrected chi connectivity index (χ3v) is 6.43. The number of anilines is 1. The predicted molar refractivity (Wildman–Crippen MR) is 100 cm³/mol. The summed E-state index contributed by atoms with van der Waals surface area (Å²) in [6.07, 6.45) is 0. The van der Waals surface area contributed by atoms with Gasteiger partial charge in [-0.3, -0.25) is 4.79 Å². The molecule has 0 bridgehead atoms. The van der Waals surface area contributed by atoms with Crippen LogP contribution in [0.1, 0.15) is 10.4 Å². The van der Waals surface area contributed by atoms with Gasteiger partial charge in [0.2, 0.25) is 10.0 Å². The second-order valence-corrected chi connectivity index (χ2v) is 8.52. The van der Waals surface area contributed by atoms with E-state index in [0.717, 1.165) is 6.07 Å². The van der Waals surface area contributed by atoms with Crippen LogP contribution < -0.4 is 5.32 Å². The van der Waals surface area contributed by atoms with Gasteiger partial charge in [0.15, 0.2) is 0 Å². The van der Waals surface area contributed by atoms with Crippen LogP contribution in [0.15, 0.2) is 41.3 Å². The molecule has 27 heavy (non-hydrogen) atoms. The highest BCUT2D eigenvalue weighted by Gasteiger charge is 2.27. The van der Waals surface area contributed by atoms with Crippen molar-refractivity contribution in [2.24, 2.45) is 0 Å². The van der Waals surface area contributed by atoms with E-state index in [4.69, 9.17) is 27.9 Å². The SMILES string of the molecule is O=C(Nc1ccc(Cl)cc1F)c1cc(S(=O)(=O)N2CCOCC2)ccc1Cl. The average Bonchev–Trinajstić information content (AvgIpc) is 2.65. The molecule has 0 saturated carbocycles. The van der Waals surface area contributed by atoms with Crippen molar-refractivity contribution >= 4 is 44.8 Å². The normalized spacial score (nSPS) is 15.5. The molecule has 1 aliphatic heterocycles. The van der Waals surface area contributed by atoms with Crippen molar-refractivity contribution in [3.63, 3.8) is 0 Å². The number of carbonyl (C=O) groups is 1. The predicted octanol–water partition coefficient (Wildman–Crippen LogP) is 3.41. The van der Waals surface area contributed by atoms with Crippen LogP contribution in [0, 0.1) is 5.82 Å². The lowest BCUT2D eigenvalue weighted by atomic mass is 10.2. The van der Waals surface area contributed by atoms with Crippen LogP contribution in [0.3, 0.4) is 0 Å². The van der Waals surface area contributed by atoms with E-state index in [1.165, 1.54) is 34.6 Å². The van der Waals surface area contributed by atoms with E-state index in [0.29, 0.717) is 13.2 Å². The zero-order valence-corrected chi connectivity index (χ0v) is 16.2. The Labute approximate surface area is 165 Å². The molecule has 144 valence electrons. The second-order valence-electron chi connectivity index (χ2n) is 5.74. The Morgan fingerprint density at radius 2 is 1.81 bits per heavy atom. The summed E-state index contributed by atoms with van der Waals surface area (Å²) in [6, 6.07) is 7.60. The molecule has 3 rings (SSSR count). The summed E-state index contributed by atoms with van der Waals surface area (Å²) in [5, 5.41) is 2.59. The summed E-state index contributed by atoms with van der Waals surface area (Å²) in [4.78, 5) is 12.4. The molecule has 0 spiro atoms. The van der Waals surface area contributed by atoms with Crippen molar-refractivity contribution < 1.29 is 22.3 Å². The fraction of sp³-hybridized carbons (Fsp3) is 0.235. The van der Waals surface area contributed by atoms with Gasteiger partial charge in [-0.05, 0) is 36.4 Å². The standard InChI is InChI=1S/C17H15Cl2FN2O4S/c18-11-1-4-16(15(20)9-11)21-17(23)13-10-12(2-3-14(13)19)27(24,25)22-5-7-26-8-6-22/h1-4,9-10H,5-8H2,(H,21,23). The average molecular weight is 433 g/mol. The largest absolute Gasteiger partial charge is 0.379 e. The van der Waals surface area contributed by atoms with E-state index in [1.54, 1.807) is 0 Å². The molecule has 10 heteroatoms. The van der Waals surface area contributed by atoms with Crippen LogP contribution in [0.5, 0.6) is 0 Å². The Kier molecular flexibility index (Phi) is 6.02. The van der Waals surface area contributed by atoms with Gasteiger partial charge in [0.1, 0.15) is 5.82 Å².